The Morgan fingerprint density at radius 2 is 1.47 bits per heavy atom. The molecule has 4 aromatic carbocycles. The first kappa shape index (κ1) is 20.2. The summed E-state index contributed by atoms with van der Waals surface area (Å²) in [6.07, 6.45) is 1.05. The Balaban J connectivity index is 1.76. The van der Waals surface area contributed by atoms with E-state index in [4.69, 9.17) is 4.74 Å². The van der Waals surface area contributed by atoms with Crippen LogP contribution in [-0.4, -0.2) is 13.1 Å². The summed E-state index contributed by atoms with van der Waals surface area (Å²) in [4.78, 5) is 13.7. The number of carbonyl (C=O) groups is 1. The first-order valence-corrected chi connectivity index (χ1v) is 10.6. The first-order chi connectivity index (χ1) is 14.7. The molecule has 30 heavy (non-hydrogen) atoms. The third-order valence-corrected chi connectivity index (χ3v) is 5.66. The van der Waals surface area contributed by atoms with Crippen molar-refractivity contribution in [1.29, 1.82) is 0 Å². The number of hydrogen-bond acceptors (Lipinski definition) is 3. The summed E-state index contributed by atoms with van der Waals surface area (Å²) in [6, 6.07) is 31.5. The van der Waals surface area contributed by atoms with Crippen molar-refractivity contribution in [3.8, 4) is 0 Å². The minimum atomic E-state index is -0.189. The molecule has 0 fully saturated rings. The molecule has 4 aromatic rings. The van der Waals surface area contributed by atoms with Gasteiger partial charge in [0, 0.05) is 27.7 Å². The minimum Gasteiger partial charge on any atom is -0.469 e. The number of esters is 1. The fourth-order valence-corrected chi connectivity index (χ4v) is 3.85. The average Bonchev–Trinajstić information content (AvgIpc) is 2.80. The predicted octanol–water partition coefficient (Wildman–Crippen LogP) is 7.18. The highest BCUT2D eigenvalue weighted by atomic mass is 79.9. The van der Waals surface area contributed by atoms with Gasteiger partial charge in [0.25, 0.3) is 0 Å². The monoisotopic (exact) mass is 459 g/mol. The van der Waals surface area contributed by atoms with Crippen LogP contribution in [0.2, 0.25) is 0 Å². The van der Waals surface area contributed by atoms with Gasteiger partial charge in [0.2, 0.25) is 0 Å². The number of carbonyl (C=O) groups excluding carboxylic acids is 1. The molecule has 0 aliphatic carbocycles. The summed E-state index contributed by atoms with van der Waals surface area (Å²) in [5, 5.41) is 2.39. The molecule has 0 aliphatic rings. The summed E-state index contributed by atoms with van der Waals surface area (Å²) in [5.41, 5.74) is 4.38. The average molecular weight is 460 g/mol. The topological polar surface area (TPSA) is 29.5 Å². The Labute approximate surface area is 185 Å². The van der Waals surface area contributed by atoms with Crippen LogP contribution in [0.25, 0.3) is 10.8 Å². The Hall–Kier alpha value is -3.11. The van der Waals surface area contributed by atoms with Crippen LogP contribution in [0.5, 0.6) is 0 Å². The molecule has 0 aliphatic heterocycles. The van der Waals surface area contributed by atoms with Crippen molar-refractivity contribution >= 4 is 49.7 Å². The molecule has 4 rings (SSSR count). The molecule has 0 saturated heterocycles. The Kier molecular flexibility index (Phi) is 6.15. The standard InChI is InChI=1S/C26H22BrNO2/c1-30-26(29)18-11-19-9-14-22(15-10-19)28(23-16-12-21(27)13-17-23)25-8-4-6-20-5-2-3-7-24(20)25/h2-10,12-17H,11,18H2,1H3. The molecule has 3 nitrogen and oxygen atoms in total. The van der Waals surface area contributed by atoms with Gasteiger partial charge in [-0.25, -0.2) is 0 Å². The molecule has 0 atom stereocenters. The Morgan fingerprint density at radius 3 is 2.17 bits per heavy atom. The molecule has 0 amide bonds. The van der Waals surface area contributed by atoms with Gasteiger partial charge in [0.1, 0.15) is 0 Å². The summed E-state index contributed by atoms with van der Waals surface area (Å²) in [6.45, 7) is 0. The lowest BCUT2D eigenvalue weighted by Gasteiger charge is -2.27. The molecule has 0 saturated carbocycles. The van der Waals surface area contributed by atoms with Gasteiger partial charge in [-0.15, -0.1) is 0 Å². The second-order valence-corrected chi connectivity index (χ2v) is 7.97. The van der Waals surface area contributed by atoms with Crippen molar-refractivity contribution in [2.24, 2.45) is 0 Å². The van der Waals surface area contributed by atoms with Crippen LogP contribution in [-0.2, 0) is 16.0 Å². The summed E-state index contributed by atoms with van der Waals surface area (Å²) >= 11 is 3.53. The Morgan fingerprint density at radius 1 is 0.833 bits per heavy atom. The van der Waals surface area contributed by atoms with Crippen molar-refractivity contribution in [1.82, 2.24) is 0 Å². The van der Waals surface area contributed by atoms with Crippen LogP contribution in [0.15, 0.2) is 95.5 Å². The number of ether oxygens (including phenoxy) is 1. The maximum Gasteiger partial charge on any atom is 0.305 e. The van der Waals surface area contributed by atoms with E-state index in [2.05, 4.69) is 112 Å². The van der Waals surface area contributed by atoms with E-state index in [0.29, 0.717) is 12.8 Å². The maximum absolute atomic E-state index is 11.4. The number of benzene rings is 4. The summed E-state index contributed by atoms with van der Waals surface area (Å²) in [7, 11) is 1.42. The molecular formula is C26H22BrNO2. The zero-order valence-corrected chi connectivity index (χ0v) is 18.3. The van der Waals surface area contributed by atoms with E-state index in [1.54, 1.807) is 0 Å². The largest absolute Gasteiger partial charge is 0.469 e. The number of aryl methyl sites for hydroxylation is 1. The second kappa shape index (κ2) is 9.14. The molecule has 0 heterocycles. The SMILES string of the molecule is COC(=O)CCc1ccc(N(c2ccc(Br)cc2)c2cccc3ccccc23)cc1. The lowest BCUT2D eigenvalue weighted by Crippen LogP contribution is -2.10. The van der Waals surface area contributed by atoms with Gasteiger partial charge in [-0.05, 0) is 59.8 Å². The number of fused-ring (bicyclic) bond motifs is 1. The molecule has 0 radical (unpaired) electrons. The van der Waals surface area contributed by atoms with E-state index in [9.17, 15) is 4.79 Å². The van der Waals surface area contributed by atoms with E-state index in [1.165, 1.54) is 17.9 Å². The first-order valence-electron chi connectivity index (χ1n) is 9.85. The Bertz CT molecular complexity index is 1150. The van der Waals surface area contributed by atoms with E-state index in [0.717, 1.165) is 27.1 Å². The lowest BCUT2D eigenvalue weighted by molar-refractivity contribution is -0.140. The number of anilines is 3. The third kappa shape index (κ3) is 4.39. The fourth-order valence-electron chi connectivity index (χ4n) is 3.58. The van der Waals surface area contributed by atoms with Gasteiger partial charge in [0.15, 0.2) is 0 Å². The number of halogens is 1. The summed E-state index contributed by atoms with van der Waals surface area (Å²) < 4.78 is 5.79. The lowest BCUT2D eigenvalue weighted by atomic mass is 10.1. The van der Waals surface area contributed by atoms with Crippen molar-refractivity contribution < 1.29 is 9.53 Å². The van der Waals surface area contributed by atoms with Gasteiger partial charge < -0.3 is 9.64 Å². The second-order valence-electron chi connectivity index (χ2n) is 7.05. The van der Waals surface area contributed by atoms with E-state index >= 15 is 0 Å². The summed E-state index contributed by atoms with van der Waals surface area (Å²) in [5.74, 6) is -0.189. The van der Waals surface area contributed by atoms with Crippen molar-refractivity contribution in [2.45, 2.75) is 12.8 Å². The van der Waals surface area contributed by atoms with Gasteiger partial charge in [-0.3, -0.25) is 4.79 Å². The predicted molar refractivity (Wildman–Crippen MR) is 127 cm³/mol. The molecular weight excluding hydrogens is 438 g/mol. The van der Waals surface area contributed by atoms with Crippen LogP contribution in [0.3, 0.4) is 0 Å². The molecule has 4 heteroatoms. The van der Waals surface area contributed by atoms with Gasteiger partial charge >= 0.3 is 5.97 Å². The molecule has 0 N–H and O–H groups in total. The zero-order valence-electron chi connectivity index (χ0n) is 16.7. The van der Waals surface area contributed by atoms with Crippen LogP contribution in [0.1, 0.15) is 12.0 Å². The van der Waals surface area contributed by atoms with E-state index in [1.807, 2.05) is 0 Å². The van der Waals surface area contributed by atoms with Gasteiger partial charge in [-0.1, -0.05) is 64.5 Å². The molecule has 150 valence electrons. The van der Waals surface area contributed by atoms with Crippen molar-refractivity contribution in [3.63, 3.8) is 0 Å². The van der Waals surface area contributed by atoms with E-state index in [-0.39, 0.29) is 5.97 Å². The minimum absolute atomic E-state index is 0.189. The zero-order chi connectivity index (χ0) is 20.9. The smallest absolute Gasteiger partial charge is 0.305 e. The number of methoxy groups -OCH3 is 1. The van der Waals surface area contributed by atoms with Crippen LogP contribution < -0.4 is 4.90 Å². The quantitative estimate of drug-likeness (QED) is 0.286. The molecule has 0 unspecified atom stereocenters. The van der Waals surface area contributed by atoms with Crippen molar-refractivity contribution in [2.75, 3.05) is 12.0 Å². The highest BCUT2D eigenvalue weighted by Gasteiger charge is 2.15. The van der Waals surface area contributed by atoms with E-state index < -0.39 is 0 Å². The number of hydrogen-bond donors (Lipinski definition) is 0. The number of rotatable bonds is 6. The van der Waals surface area contributed by atoms with Crippen LogP contribution in [0.4, 0.5) is 17.1 Å². The molecule has 0 spiro atoms. The normalized spacial score (nSPS) is 10.7. The van der Waals surface area contributed by atoms with Gasteiger partial charge in [-0.2, -0.15) is 0 Å². The highest BCUT2D eigenvalue weighted by Crippen LogP contribution is 2.39. The van der Waals surface area contributed by atoms with Crippen LogP contribution in [0, 0.1) is 0 Å². The highest BCUT2D eigenvalue weighted by molar-refractivity contribution is 9.10. The maximum atomic E-state index is 11.4. The number of nitrogens with zero attached hydrogens (tertiary/aromatic N) is 1. The van der Waals surface area contributed by atoms with Crippen LogP contribution >= 0.6 is 15.9 Å². The molecule has 0 aromatic heterocycles. The fraction of sp³-hybridized carbons (Fsp3) is 0.115. The van der Waals surface area contributed by atoms with Crippen molar-refractivity contribution in [3.05, 3.63) is 101 Å². The third-order valence-electron chi connectivity index (χ3n) is 5.13. The molecule has 0 bridgehead atoms. The van der Waals surface area contributed by atoms with Gasteiger partial charge in [0.05, 0.1) is 12.8 Å².